The quantitative estimate of drug-likeness (QED) is 0.426. The zero-order valence-electron chi connectivity index (χ0n) is 19.4. The number of carboxylic acids is 1. The molecule has 0 radical (unpaired) electrons. The lowest BCUT2D eigenvalue weighted by molar-refractivity contribution is 0.0697. The van der Waals surface area contributed by atoms with Gasteiger partial charge in [0.25, 0.3) is 0 Å². The van der Waals surface area contributed by atoms with Crippen molar-refractivity contribution in [1.82, 2.24) is 0 Å². The van der Waals surface area contributed by atoms with Gasteiger partial charge in [0.05, 0.1) is 17.9 Å². The molecule has 0 unspecified atom stereocenters. The van der Waals surface area contributed by atoms with Gasteiger partial charge in [0.15, 0.2) is 0 Å². The van der Waals surface area contributed by atoms with Crippen LogP contribution in [0.1, 0.15) is 75.9 Å². The summed E-state index contributed by atoms with van der Waals surface area (Å²) in [5, 5.41) is 13.7. The number of benzene rings is 2. The van der Waals surface area contributed by atoms with Gasteiger partial charge in [-0.3, -0.25) is 0 Å². The van der Waals surface area contributed by atoms with Gasteiger partial charge >= 0.3 is 5.97 Å². The Morgan fingerprint density at radius 3 is 2.32 bits per heavy atom. The zero-order chi connectivity index (χ0) is 22.8. The molecule has 0 atom stereocenters. The maximum atomic E-state index is 11.2. The summed E-state index contributed by atoms with van der Waals surface area (Å²) in [4.78, 5) is 16.8. The molecule has 0 aliphatic heterocycles. The van der Waals surface area contributed by atoms with Crippen molar-refractivity contribution in [3.63, 3.8) is 0 Å². The Kier molecular flexibility index (Phi) is 6.44. The molecule has 0 fully saturated rings. The van der Waals surface area contributed by atoms with Crippen molar-refractivity contribution in [3.05, 3.63) is 53.1 Å². The van der Waals surface area contributed by atoms with Crippen LogP contribution < -0.4 is 4.74 Å². The molecule has 5 nitrogen and oxygen atoms in total. The van der Waals surface area contributed by atoms with Crippen LogP contribution in [0.25, 0.3) is 11.1 Å². The molecule has 0 bridgehead atoms. The van der Waals surface area contributed by atoms with E-state index in [4.69, 9.17) is 9.57 Å². The first kappa shape index (κ1) is 22.9. The van der Waals surface area contributed by atoms with Gasteiger partial charge in [-0.15, -0.1) is 0 Å². The van der Waals surface area contributed by atoms with Crippen molar-refractivity contribution in [1.29, 1.82) is 0 Å². The molecule has 0 saturated carbocycles. The number of rotatable bonds is 7. The van der Waals surface area contributed by atoms with Crippen molar-refractivity contribution in [3.8, 4) is 16.9 Å². The number of hydrogen-bond acceptors (Lipinski definition) is 4. The molecule has 1 N–H and O–H groups in total. The molecule has 1 aliphatic rings. The van der Waals surface area contributed by atoms with Gasteiger partial charge in [0.1, 0.15) is 12.4 Å². The minimum Gasteiger partial charge on any atom is -0.493 e. The third-order valence-corrected chi connectivity index (χ3v) is 6.07. The van der Waals surface area contributed by atoms with E-state index >= 15 is 0 Å². The smallest absolute Gasteiger partial charge is 0.335 e. The van der Waals surface area contributed by atoms with E-state index in [9.17, 15) is 9.90 Å². The second kappa shape index (κ2) is 8.74. The van der Waals surface area contributed by atoms with Crippen LogP contribution in [0.5, 0.6) is 5.75 Å². The van der Waals surface area contributed by atoms with E-state index in [1.165, 1.54) is 11.1 Å². The summed E-state index contributed by atoms with van der Waals surface area (Å²) in [6.45, 7) is 14.0. The van der Waals surface area contributed by atoms with E-state index in [-0.39, 0.29) is 16.4 Å². The molecule has 0 saturated heterocycles. The number of nitrogens with zero attached hydrogens (tertiary/aromatic N) is 1. The number of hydrogen-bond donors (Lipinski definition) is 1. The Labute approximate surface area is 185 Å². The van der Waals surface area contributed by atoms with E-state index in [1.54, 1.807) is 12.1 Å². The monoisotopic (exact) mass is 423 g/mol. The lowest BCUT2D eigenvalue weighted by Crippen LogP contribution is -2.42. The molecule has 0 amide bonds. The average Bonchev–Trinajstić information content (AvgIpc) is 2.72. The standard InChI is InChI=1S/C26H33NO4/c1-7-13-31-27-23-16-25(3,4)20-14-19(17-9-11-18(12-10-17)24(28)29)22(30-8-2)15-21(20)26(23,5)6/h9-12,14-15H,7-8,13,16H2,1-6H3,(H,28,29). The minimum atomic E-state index is -0.929. The van der Waals surface area contributed by atoms with Crippen LogP contribution in [0.3, 0.4) is 0 Å². The predicted molar refractivity (Wildman–Crippen MR) is 124 cm³/mol. The number of carbonyl (C=O) groups is 1. The van der Waals surface area contributed by atoms with Crippen molar-refractivity contribution < 1.29 is 19.5 Å². The second-order valence-corrected chi connectivity index (χ2v) is 9.27. The van der Waals surface area contributed by atoms with Crippen LogP contribution in [0.15, 0.2) is 41.6 Å². The van der Waals surface area contributed by atoms with Gasteiger partial charge < -0.3 is 14.7 Å². The highest BCUT2D eigenvalue weighted by molar-refractivity contribution is 5.98. The van der Waals surface area contributed by atoms with Crippen LogP contribution in [0.4, 0.5) is 0 Å². The van der Waals surface area contributed by atoms with E-state index in [0.717, 1.165) is 35.4 Å². The molecule has 0 heterocycles. The lowest BCUT2D eigenvalue weighted by Gasteiger charge is -2.43. The zero-order valence-corrected chi connectivity index (χ0v) is 19.4. The van der Waals surface area contributed by atoms with E-state index in [1.807, 2.05) is 19.1 Å². The molecule has 2 aromatic rings. The van der Waals surface area contributed by atoms with Gasteiger partial charge in [0.2, 0.25) is 0 Å². The third kappa shape index (κ3) is 4.46. The summed E-state index contributed by atoms with van der Waals surface area (Å²) >= 11 is 0. The first-order valence-corrected chi connectivity index (χ1v) is 11.0. The van der Waals surface area contributed by atoms with Gasteiger partial charge in [-0.25, -0.2) is 4.79 Å². The Morgan fingerprint density at radius 1 is 1.06 bits per heavy atom. The fraction of sp³-hybridized carbons (Fsp3) is 0.462. The normalized spacial score (nSPS) is 17.8. The van der Waals surface area contributed by atoms with Gasteiger partial charge in [-0.05, 0) is 66.1 Å². The van der Waals surface area contributed by atoms with Crippen molar-refractivity contribution >= 4 is 11.7 Å². The number of carboxylic acid groups (broad SMARTS) is 1. The number of ether oxygens (including phenoxy) is 1. The second-order valence-electron chi connectivity index (χ2n) is 9.27. The van der Waals surface area contributed by atoms with Crippen LogP contribution in [-0.2, 0) is 15.7 Å². The molecular formula is C26H33NO4. The lowest BCUT2D eigenvalue weighted by atomic mass is 9.61. The fourth-order valence-electron chi connectivity index (χ4n) is 4.20. The highest BCUT2D eigenvalue weighted by atomic mass is 16.6. The Hall–Kier alpha value is -2.82. The van der Waals surface area contributed by atoms with Crippen molar-refractivity contribution in [2.45, 2.75) is 65.2 Å². The van der Waals surface area contributed by atoms with Crippen molar-refractivity contribution in [2.75, 3.05) is 13.2 Å². The summed E-state index contributed by atoms with van der Waals surface area (Å²) < 4.78 is 6.04. The third-order valence-electron chi connectivity index (χ3n) is 6.07. The maximum Gasteiger partial charge on any atom is 0.335 e. The van der Waals surface area contributed by atoms with Crippen LogP contribution >= 0.6 is 0 Å². The summed E-state index contributed by atoms with van der Waals surface area (Å²) in [7, 11) is 0. The highest BCUT2D eigenvalue weighted by Gasteiger charge is 2.43. The average molecular weight is 424 g/mol. The first-order valence-electron chi connectivity index (χ1n) is 11.0. The molecule has 0 spiro atoms. The predicted octanol–water partition coefficient (Wildman–Crippen LogP) is 6.19. The SMILES string of the molecule is CCCON=C1CC(C)(C)c2cc(-c3ccc(C(=O)O)cc3)c(OCC)cc2C1(C)C. The summed E-state index contributed by atoms with van der Waals surface area (Å²) in [6, 6.07) is 11.3. The van der Waals surface area contributed by atoms with Crippen LogP contribution in [0.2, 0.25) is 0 Å². The molecule has 1 aliphatic carbocycles. The molecule has 3 rings (SSSR count). The largest absolute Gasteiger partial charge is 0.493 e. The first-order chi connectivity index (χ1) is 14.6. The summed E-state index contributed by atoms with van der Waals surface area (Å²) in [5.41, 5.74) is 5.27. The van der Waals surface area contributed by atoms with Gasteiger partial charge in [-0.2, -0.15) is 0 Å². The van der Waals surface area contributed by atoms with Gasteiger partial charge in [0, 0.05) is 11.0 Å². The highest BCUT2D eigenvalue weighted by Crippen LogP contribution is 2.48. The molecule has 31 heavy (non-hydrogen) atoms. The van der Waals surface area contributed by atoms with Crippen LogP contribution in [-0.4, -0.2) is 30.0 Å². The number of oxime groups is 1. The Bertz CT molecular complexity index is 987. The molecule has 2 aromatic carbocycles. The molecule has 5 heteroatoms. The minimum absolute atomic E-state index is 0.125. The fourth-order valence-corrected chi connectivity index (χ4v) is 4.20. The number of aromatic carboxylic acids is 1. The summed E-state index contributed by atoms with van der Waals surface area (Å²) in [5.74, 6) is -0.133. The number of fused-ring (bicyclic) bond motifs is 1. The maximum absolute atomic E-state index is 11.2. The molecule has 166 valence electrons. The van der Waals surface area contributed by atoms with E-state index < -0.39 is 5.97 Å². The Balaban J connectivity index is 2.17. The molecular weight excluding hydrogens is 390 g/mol. The van der Waals surface area contributed by atoms with E-state index in [2.05, 4.69) is 51.9 Å². The topological polar surface area (TPSA) is 68.1 Å². The summed E-state index contributed by atoms with van der Waals surface area (Å²) in [6.07, 6.45) is 1.73. The van der Waals surface area contributed by atoms with Gasteiger partial charge in [-0.1, -0.05) is 51.9 Å². The van der Waals surface area contributed by atoms with Crippen LogP contribution in [0, 0.1) is 0 Å². The molecule has 0 aromatic heterocycles. The van der Waals surface area contributed by atoms with E-state index in [0.29, 0.717) is 13.2 Å². The van der Waals surface area contributed by atoms with Crippen molar-refractivity contribution in [2.24, 2.45) is 5.16 Å². The Morgan fingerprint density at radius 2 is 1.74 bits per heavy atom.